The first-order chi connectivity index (χ1) is 24.2. The van der Waals surface area contributed by atoms with Crippen molar-refractivity contribution >= 4 is 17.3 Å². The van der Waals surface area contributed by atoms with Crippen LogP contribution in [0.2, 0.25) is 0 Å². The average molecular weight is 728 g/mol. The lowest BCUT2D eigenvalue weighted by Gasteiger charge is -2.22. The molecule has 2 saturated carbocycles. The summed E-state index contributed by atoms with van der Waals surface area (Å²) in [5.74, 6) is -4.58. The van der Waals surface area contributed by atoms with Gasteiger partial charge in [-0.1, -0.05) is 18.1 Å². The largest absolute Gasteiger partial charge is 0.431 e. The summed E-state index contributed by atoms with van der Waals surface area (Å²) in [5.41, 5.74) is 0.130. The molecule has 1 unspecified atom stereocenters. The Bertz CT molecular complexity index is 2300. The molecule has 10 nitrogen and oxygen atoms in total. The van der Waals surface area contributed by atoms with Crippen LogP contribution in [0.4, 0.5) is 30.7 Å². The molecule has 2 fully saturated rings. The van der Waals surface area contributed by atoms with Crippen LogP contribution in [0.25, 0.3) is 16.8 Å². The topological polar surface area (TPSA) is 151 Å². The van der Waals surface area contributed by atoms with Gasteiger partial charge in [0.05, 0.1) is 17.7 Å². The monoisotopic (exact) mass is 727 g/mol. The van der Waals surface area contributed by atoms with Gasteiger partial charge in [0, 0.05) is 34.9 Å². The van der Waals surface area contributed by atoms with E-state index in [1.54, 1.807) is 6.07 Å². The van der Waals surface area contributed by atoms with Gasteiger partial charge in [-0.15, -0.1) is 0 Å². The number of nitrogens with zero attached hydrogens (tertiary/aromatic N) is 4. The van der Waals surface area contributed by atoms with E-state index in [0.717, 1.165) is 12.1 Å². The molecule has 52 heavy (non-hydrogen) atoms. The van der Waals surface area contributed by atoms with Crippen molar-refractivity contribution in [2.45, 2.75) is 44.0 Å². The van der Waals surface area contributed by atoms with E-state index < -0.39 is 82.3 Å². The highest BCUT2D eigenvalue weighted by Crippen LogP contribution is 2.65. The number of halogens is 7. The zero-order chi connectivity index (χ0) is 37.9. The van der Waals surface area contributed by atoms with E-state index in [2.05, 4.69) is 43.9 Å². The van der Waals surface area contributed by atoms with Gasteiger partial charge in [0.2, 0.25) is 5.91 Å². The van der Waals surface area contributed by atoms with Crippen LogP contribution in [0.5, 0.6) is 0 Å². The minimum atomic E-state index is -5.16. The van der Waals surface area contributed by atoms with Crippen LogP contribution in [0.15, 0.2) is 81.9 Å². The second-order valence-corrected chi connectivity index (χ2v) is 12.9. The summed E-state index contributed by atoms with van der Waals surface area (Å²) < 4.78 is 101. The second kappa shape index (κ2) is 12.8. The van der Waals surface area contributed by atoms with Gasteiger partial charge in [0.25, 0.3) is 5.92 Å². The minimum Gasteiger partial charge on any atom is -0.394 e. The summed E-state index contributed by atoms with van der Waals surface area (Å²) in [6.45, 7) is 5.17. The SMILES string of the molecule is C=C1[C@@H]2C(=C(N)C(F)(F)F)C(=NCC(=O)NC(Cc3cc(F)cc(F)c3)c3nc(C#CC(C)(C)O)ccc3-c3ccc4n[nH]c(=O)n4c3)C(F)(F)[C@H]12. The van der Waals surface area contributed by atoms with E-state index in [0.29, 0.717) is 11.6 Å². The molecule has 6 rings (SSSR count). The van der Waals surface area contributed by atoms with Crippen LogP contribution in [0.3, 0.4) is 0 Å². The van der Waals surface area contributed by atoms with E-state index >= 15 is 8.78 Å². The van der Waals surface area contributed by atoms with E-state index in [9.17, 15) is 36.6 Å². The highest BCUT2D eigenvalue weighted by molar-refractivity contribution is 6.12. The third-order valence-electron chi connectivity index (χ3n) is 8.44. The molecular weight excluding hydrogens is 699 g/mol. The first kappa shape index (κ1) is 36.0. The molecule has 1 aromatic carbocycles. The summed E-state index contributed by atoms with van der Waals surface area (Å²) in [7, 11) is 0. The van der Waals surface area contributed by atoms with Gasteiger partial charge in [-0.2, -0.15) is 27.1 Å². The van der Waals surface area contributed by atoms with Crippen molar-refractivity contribution < 1.29 is 40.6 Å². The van der Waals surface area contributed by atoms with E-state index in [-0.39, 0.29) is 40.2 Å². The number of carbonyl (C=O) groups is 1. The Labute approximate surface area is 290 Å². The summed E-state index contributed by atoms with van der Waals surface area (Å²) in [4.78, 5) is 34.0. The number of carbonyl (C=O) groups excluding carboxylic acids is 1. The number of hydrogen-bond acceptors (Lipinski definition) is 7. The Hall–Kier alpha value is -5.76. The molecular formula is C35H28F7N7O3. The molecule has 2 aliphatic rings. The number of aliphatic imine (C=N–C) groups is 1. The molecule has 0 aliphatic heterocycles. The molecule has 4 aromatic rings. The molecule has 17 heteroatoms. The molecule has 3 atom stereocenters. The molecule has 0 bridgehead atoms. The average Bonchev–Trinajstić information content (AvgIpc) is 3.48. The number of H-pyrrole nitrogens is 1. The first-order valence-electron chi connectivity index (χ1n) is 15.5. The Balaban J connectivity index is 1.44. The predicted octanol–water partition coefficient (Wildman–Crippen LogP) is 4.55. The predicted molar refractivity (Wildman–Crippen MR) is 174 cm³/mol. The number of aromatic nitrogens is 4. The molecule has 3 heterocycles. The lowest BCUT2D eigenvalue weighted by atomic mass is 9.95. The van der Waals surface area contributed by atoms with Crippen LogP contribution in [-0.2, 0) is 11.2 Å². The third kappa shape index (κ3) is 7.06. The molecule has 0 saturated heterocycles. The Morgan fingerprint density at radius 1 is 1.17 bits per heavy atom. The van der Waals surface area contributed by atoms with Gasteiger partial charge in [-0.25, -0.2) is 28.1 Å². The van der Waals surface area contributed by atoms with Crippen LogP contribution >= 0.6 is 0 Å². The standard InChI is InChI=1S/C35H28F7N7O3/c1-16-26-27(30(43)35(40,41)42)31(34(38,39)28(16)26)44-14-25(50)46-23(12-17-10-19(36)13-20(37)11-17)29-22(6-5-21(45-29)8-9-33(2,3)52)18-4-7-24-47-48-32(51)49(24)15-18/h4-7,10-11,13,15,23,26,28,52H,1,12,14,43H2,2-3H3,(H,46,50)(H,48,51)/t23?,26-,28-/m1/s1. The van der Waals surface area contributed by atoms with Crippen LogP contribution in [0, 0.1) is 35.3 Å². The normalized spacial score (nSPS) is 20.3. The second-order valence-electron chi connectivity index (χ2n) is 12.9. The lowest BCUT2D eigenvalue weighted by molar-refractivity contribution is -0.120. The highest BCUT2D eigenvalue weighted by atomic mass is 19.4. The number of allylic oxidation sites excluding steroid dienone is 3. The highest BCUT2D eigenvalue weighted by Gasteiger charge is 2.71. The number of hydrogen-bond donors (Lipinski definition) is 4. The number of alkyl halides is 5. The molecule has 1 amide bonds. The maximum absolute atomic E-state index is 15.3. The van der Waals surface area contributed by atoms with Crippen LogP contribution < -0.4 is 16.7 Å². The number of amides is 1. The van der Waals surface area contributed by atoms with Gasteiger partial charge in [-0.05, 0) is 68.2 Å². The third-order valence-corrected chi connectivity index (χ3v) is 8.44. The van der Waals surface area contributed by atoms with Crippen molar-refractivity contribution in [3.8, 4) is 23.0 Å². The Kier molecular flexibility index (Phi) is 8.86. The zero-order valence-electron chi connectivity index (χ0n) is 27.2. The number of benzene rings is 1. The van der Waals surface area contributed by atoms with Gasteiger partial charge >= 0.3 is 11.9 Å². The fourth-order valence-corrected chi connectivity index (χ4v) is 6.13. The van der Waals surface area contributed by atoms with Crippen molar-refractivity contribution in [1.82, 2.24) is 24.9 Å². The van der Waals surface area contributed by atoms with Crippen LogP contribution in [-0.4, -0.2) is 60.6 Å². The van der Waals surface area contributed by atoms with E-state index in [1.165, 1.54) is 42.6 Å². The Morgan fingerprint density at radius 2 is 1.87 bits per heavy atom. The summed E-state index contributed by atoms with van der Waals surface area (Å²) in [6.07, 6.45) is -4.10. The quantitative estimate of drug-likeness (QED) is 0.125. The maximum atomic E-state index is 15.3. The van der Waals surface area contributed by atoms with Gasteiger partial charge in [-0.3, -0.25) is 9.79 Å². The summed E-state index contributed by atoms with van der Waals surface area (Å²) in [5, 5.41) is 18.9. The Morgan fingerprint density at radius 3 is 2.52 bits per heavy atom. The maximum Gasteiger partial charge on any atom is 0.431 e. The van der Waals surface area contributed by atoms with Crippen molar-refractivity contribution in [1.29, 1.82) is 0 Å². The number of pyridine rings is 2. The van der Waals surface area contributed by atoms with E-state index in [1.807, 2.05) is 0 Å². The number of rotatable bonds is 7. The number of aliphatic hydroxyl groups is 1. The van der Waals surface area contributed by atoms with Gasteiger partial charge in [0.1, 0.15) is 40.9 Å². The zero-order valence-corrected chi connectivity index (χ0v) is 27.2. The minimum absolute atomic E-state index is 0.0229. The first-order valence-corrected chi connectivity index (χ1v) is 15.5. The molecule has 5 N–H and O–H groups in total. The smallest absolute Gasteiger partial charge is 0.394 e. The van der Waals surface area contributed by atoms with Crippen LogP contribution in [0.1, 0.15) is 36.8 Å². The summed E-state index contributed by atoms with van der Waals surface area (Å²) >= 11 is 0. The van der Waals surface area contributed by atoms with Crippen molar-refractivity contribution in [2.75, 3.05) is 6.54 Å². The molecule has 2 aliphatic carbocycles. The van der Waals surface area contributed by atoms with E-state index in [4.69, 9.17) is 5.73 Å². The number of nitrogens with two attached hydrogens (primary N) is 1. The van der Waals surface area contributed by atoms with Gasteiger partial charge < -0.3 is 16.2 Å². The lowest BCUT2D eigenvalue weighted by Crippen LogP contribution is -2.35. The van der Waals surface area contributed by atoms with Crippen molar-refractivity contribution in [3.05, 3.63) is 111 Å². The van der Waals surface area contributed by atoms with Crippen molar-refractivity contribution in [3.63, 3.8) is 0 Å². The number of aromatic amines is 1. The van der Waals surface area contributed by atoms with Gasteiger partial charge in [0.15, 0.2) is 5.65 Å². The number of fused-ring (bicyclic) bond motifs is 2. The molecule has 3 aromatic heterocycles. The number of nitrogens with one attached hydrogen (secondary N) is 2. The molecule has 270 valence electrons. The van der Waals surface area contributed by atoms with Crippen molar-refractivity contribution in [2.24, 2.45) is 22.6 Å². The fraction of sp³-hybridized carbons (Fsp3) is 0.286. The molecule has 0 radical (unpaired) electrons. The summed E-state index contributed by atoms with van der Waals surface area (Å²) in [6, 6.07) is 7.39. The fourth-order valence-electron chi connectivity index (χ4n) is 6.13. The molecule has 0 spiro atoms.